The zero-order valence-corrected chi connectivity index (χ0v) is 12.0. The maximum Gasteiger partial charge on any atom is 0.305 e. The lowest BCUT2D eigenvalue weighted by Crippen LogP contribution is -2.22. The van der Waals surface area contributed by atoms with Crippen LogP contribution in [0.1, 0.15) is 31.7 Å². The second kappa shape index (κ2) is 8.53. The molecule has 0 aliphatic heterocycles. The van der Waals surface area contributed by atoms with Crippen molar-refractivity contribution in [1.82, 2.24) is 0 Å². The van der Waals surface area contributed by atoms with Crippen molar-refractivity contribution in [3.05, 3.63) is 29.6 Å². The number of hydrogen-bond acceptors (Lipinski definition) is 4. The van der Waals surface area contributed by atoms with Crippen LogP contribution >= 0.6 is 0 Å². The summed E-state index contributed by atoms with van der Waals surface area (Å²) in [7, 11) is 1.34. The second-order valence-corrected chi connectivity index (χ2v) is 4.63. The predicted octanol–water partition coefficient (Wildman–Crippen LogP) is 2.44. The Morgan fingerprint density at radius 1 is 1.45 bits per heavy atom. The molecule has 20 heavy (non-hydrogen) atoms. The van der Waals surface area contributed by atoms with Gasteiger partial charge in [0.05, 0.1) is 13.7 Å². The summed E-state index contributed by atoms with van der Waals surface area (Å²) in [4.78, 5) is 11.0. The molecule has 0 heterocycles. The third-order valence-electron chi connectivity index (χ3n) is 3.05. The number of methoxy groups -OCH3 is 1. The number of rotatable bonds is 8. The quantitative estimate of drug-likeness (QED) is 0.588. The van der Waals surface area contributed by atoms with E-state index in [4.69, 9.17) is 10.5 Å². The summed E-state index contributed by atoms with van der Waals surface area (Å²) >= 11 is 0. The highest BCUT2D eigenvalue weighted by Crippen LogP contribution is 2.24. The number of para-hydroxylation sites is 1. The smallest absolute Gasteiger partial charge is 0.305 e. The van der Waals surface area contributed by atoms with Crippen molar-refractivity contribution in [2.45, 2.75) is 38.6 Å². The molecule has 0 aliphatic rings. The molecular formula is C15H22FNO3. The largest absolute Gasteiger partial charge is 0.490 e. The third-order valence-corrected chi connectivity index (χ3v) is 3.05. The van der Waals surface area contributed by atoms with Crippen LogP contribution in [0.2, 0.25) is 0 Å². The van der Waals surface area contributed by atoms with Gasteiger partial charge in [-0.05, 0) is 30.9 Å². The Morgan fingerprint density at radius 3 is 2.85 bits per heavy atom. The van der Waals surface area contributed by atoms with Crippen LogP contribution in [0.3, 0.4) is 0 Å². The van der Waals surface area contributed by atoms with E-state index in [9.17, 15) is 9.18 Å². The van der Waals surface area contributed by atoms with Gasteiger partial charge in [-0.25, -0.2) is 4.39 Å². The Morgan fingerprint density at radius 2 is 2.20 bits per heavy atom. The van der Waals surface area contributed by atoms with E-state index in [1.54, 1.807) is 6.07 Å². The van der Waals surface area contributed by atoms with Gasteiger partial charge in [-0.2, -0.15) is 0 Å². The minimum Gasteiger partial charge on any atom is -0.490 e. The van der Waals surface area contributed by atoms with E-state index >= 15 is 0 Å². The Hall–Kier alpha value is -1.62. The molecule has 4 nitrogen and oxygen atoms in total. The summed E-state index contributed by atoms with van der Waals surface area (Å²) < 4.78 is 23.8. The highest BCUT2D eigenvalue weighted by molar-refractivity contribution is 5.69. The molecule has 2 N–H and O–H groups in total. The molecule has 1 aromatic rings. The number of halogens is 1. The number of carbonyl (C=O) groups is 1. The highest BCUT2D eigenvalue weighted by Gasteiger charge is 2.12. The first-order valence-corrected chi connectivity index (χ1v) is 6.81. The van der Waals surface area contributed by atoms with E-state index in [0.717, 1.165) is 12.0 Å². The van der Waals surface area contributed by atoms with Gasteiger partial charge in [0.15, 0.2) is 11.6 Å². The van der Waals surface area contributed by atoms with Crippen LogP contribution in [0.15, 0.2) is 18.2 Å². The molecule has 1 aromatic carbocycles. The summed E-state index contributed by atoms with van der Waals surface area (Å²) in [5.41, 5.74) is 6.66. The minimum atomic E-state index is -0.399. The Bertz CT molecular complexity index is 437. The number of benzene rings is 1. The standard InChI is InChI=1S/C15H22FNO3/c1-3-12(17)10-11-6-4-7-13(16)15(11)20-9-5-8-14(18)19-2/h4,6-7,12H,3,5,8-10,17H2,1-2H3. The lowest BCUT2D eigenvalue weighted by Gasteiger charge is -2.15. The second-order valence-electron chi connectivity index (χ2n) is 4.63. The summed E-state index contributed by atoms with van der Waals surface area (Å²) in [5, 5.41) is 0. The number of carbonyl (C=O) groups excluding carboxylic acids is 1. The monoisotopic (exact) mass is 283 g/mol. The van der Waals surface area contributed by atoms with Gasteiger partial charge in [-0.1, -0.05) is 19.1 Å². The van der Waals surface area contributed by atoms with Gasteiger partial charge in [0.25, 0.3) is 0 Å². The average molecular weight is 283 g/mol. The van der Waals surface area contributed by atoms with Crippen molar-refractivity contribution in [2.75, 3.05) is 13.7 Å². The van der Waals surface area contributed by atoms with E-state index in [0.29, 0.717) is 12.8 Å². The molecule has 0 spiro atoms. The molecule has 0 aliphatic carbocycles. The zero-order chi connectivity index (χ0) is 15.0. The first-order valence-electron chi connectivity index (χ1n) is 6.81. The maximum atomic E-state index is 13.8. The lowest BCUT2D eigenvalue weighted by atomic mass is 10.0. The maximum absolute atomic E-state index is 13.8. The third kappa shape index (κ3) is 5.17. The molecule has 0 saturated carbocycles. The van der Waals surface area contributed by atoms with Crippen LogP contribution < -0.4 is 10.5 Å². The summed E-state index contributed by atoms with van der Waals surface area (Å²) in [6.45, 7) is 2.26. The van der Waals surface area contributed by atoms with Gasteiger partial charge in [0, 0.05) is 12.5 Å². The molecular weight excluding hydrogens is 261 g/mol. The number of hydrogen-bond donors (Lipinski definition) is 1. The van der Waals surface area contributed by atoms with Crippen molar-refractivity contribution in [3.63, 3.8) is 0 Å². The van der Waals surface area contributed by atoms with Gasteiger partial charge < -0.3 is 15.2 Å². The molecule has 0 saturated heterocycles. The fraction of sp³-hybridized carbons (Fsp3) is 0.533. The SMILES string of the molecule is CCC(N)Cc1cccc(F)c1OCCCC(=O)OC. The van der Waals surface area contributed by atoms with Crippen LogP contribution in [-0.2, 0) is 16.0 Å². The van der Waals surface area contributed by atoms with Gasteiger partial charge in [-0.15, -0.1) is 0 Å². The van der Waals surface area contributed by atoms with E-state index < -0.39 is 5.82 Å². The first-order chi connectivity index (χ1) is 9.58. The Kier molecular flexibility index (Phi) is 7.01. The van der Waals surface area contributed by atoms with Gasteiger partial charge in [0.2, 0.25) is 0 Å². The molecule has 1 rings (SSSR count). The van der Waals surface area contributed by atoms with Crippen molar-refractivity contribution in [3.8, 4) is 5.75 Å². The fourth-order valence-electron chi connectivity index (χ4n) is 1.80. The average Bonchev–Trinajstić information content (AvgIpc) is 2.45. The van der Waals surface area contributed by atoms with Crippen molar-refractivity contribution in [1.29, 1.82) is 0 Å². The van der Waals surface area contributed by atoms with Gasteiger partial charge >= 0.3 is 5.97 Å². The number of esters is 1. The van der Waals surface area contributed by atoms with Crippen molar-refractivity contribution in [2.24, 2.45) is 5.73 Å². The van der Waals surface area contributed by atoms with Crippen LogP contribution in [-0.4, -0.2) is 25.7 Å². The summed E-state index contributed by atoms with van der Waals surface area (Å²) in [6.07, 6.45) is 2.13. The Balaban J connectivity index is 2.61. The molecule has 1 unspecified atom stereocenters. The van der Waals surface area contributed by atoms with Gasteiger partial charge in [-0.3, -0.25) is 4.79 Å². The van der Waals surface area contributed by atoms with Crippen LogP contribution in [0.5, 0.6) is 5.75 Å². The van der Waals surface area contributed by atoms with Crippen LogP contribution in [0, 0.1) is 5.82 Å². The van der Waals surface area contributed by atoms with E-state index in [2.05, 4.69) is 4.74 Å². The zero-order valence-electron chi connectivity index (χ0n) is 12.0. The van der Waals surface area contributed by atoms with E-state index in [-0.39, 0.29) is 30.8 Å². The molecule has 0 amide bonds. The molecule has 0 aromatic heterocycles. The van der Waals surface area contributed by atoms with Crippen LogP contribution in [0.4, 0.5) is 4.39 Å². The molecule has 5 heteroatoms. The van der Waals surface area contributed by atoms with Crippen molar-refractivity contribution < 1.29 is 18.7 Å². The van der Waals surface area contributed by atoms with E-state index in [1.165, 1.54) is 13.2 Å². The van der Waals surface area contributed by atoms with Crippen molar-refractivity contribution >= 4 is 5.97 Å². The Labute approximate surface area is 119 Å². The predicted molar refractivity (Wildman–Crippen MR) is 75.1 cm³/mol. The number of nitrogens with two attached hydrogens (primary N) is 1. The lowest BCUT2D eigenvalue weighted by molar-refractivity contribution is -0.140. The highest BCUT2D eigenvalue weighted by atomic mass is 19.1. The fourth-order valence-corrected chi connectivity index (χ4v) is 1.80. The number of ether oxygens (including phenoxy) is 2. The molecule has 0 bridgehead atoms. The van der Waals surface area contributed by atoms with E-state index in [1.807, 2.05) is 13.0 Å². The summed E-state index contributed by atoms with van der Waals surface area (Å²) in [6, 6.07) is 4.80. The molecule has 112 valence electrons. The minimum absolute atomic E-state index is 0.0192. The van der Waals surface area contributed by atoms with Gasteiger partial charge in [0.1, 0.15) is 0 Å². The van der Waals surface area contributed by atoms with Crippen LogP contribution in [0.25, 0.3) is 0 Å². The molecule has 0 fully saturated rings. The molecule has 1 atom stereocenters. The first kappa shape index (κ1) is 16.4. The molecule has 0 radical (unpaired) electrons. The normalized spacial score (nSPS) is 12.0. The summed E-state index contributed by atoms with van der Waals surface area (Å²) in [5.74, 6) is -0.458. The topological polar surface area (TPSA) is 61.5 Å².